The maximum Gasteiger partial charge on any atom is 0.219 e. The zero-order valence-electron chi connectivity index (χ0n) is 88.2. The van der Waals surface area contributed by atoms with Crippen LogP contribution in [0.1, 0.15) is 187 Å². The molecule has 14 aromatic carbocycles. The van der Waals surface area contributed by atoms with E-state index in [1.807, 2.05) is 146 Å². The summed E-state index contributed by atoms with van der Waals surface area (Å²) in [6, 6.07) is 122. The van der Waals surface area contributed by atoms with Gasteiger partial charge in [0, 0.05) is 71.5 Å². The van der Waals surface area contributed by atoms with Gasteiger partial charge in [0.05, 0.1) is 69.5 Å². The third kappa shape index (κ3) is 37.7. The molecule has 15 rings (SSSR count). The predicted molar refractivity (Wildman–Crippen MR) is 619 cm³/mol. The number of carbonyl (C=O) groups excluding carboxylic acids is 1. The van der Waals surface area contributed by atoms with Gasteiger partial charge >= 0.3 is 0 Å². The topological polar surface area (TPSA) is 216 Å². The van der Waals surface area contributed by atoms with E-state index in [9.17, 15) is 44.8 Å². The lowest BCUT2D eigenvalue weighted by molar-refractivity contribution is -0.890. The van der Waals surface area contributed by atoms with Crippen molar-refractivity contribution in [3.8, 4) is 73.1 Å². The molecule has 1 heterocycles. The van der Waals surface area contributed by atoms with E-state index in [-0.39, 0.29) is 22.1 Å². The Morgan fingerprint density at radius 3 is 1.18 bits per heavy atom. The number of likely N-dealkylation sites (N-methyl/N-ethyl adjacent to an activating group) is 1. The molecule has 772 valence electrons. The van der Waals surface area contributed by atoms with E-state index in [1.54, 1.807) is 55.5 Å². The molecule has 0 unspecified atom stereocenters. The van der Waals surface area contributed by atoms with E-state index in [2.05, 4.69) is 218 Å². The first-order valence-corrected chi connectivity index (χ1v) is 59.8. The van der Waals surface area contributed by atoms with Crippen molar-refractivity contribution < 1.29 is 58.3 Å². The lowest BCUT2D eigenvalue weighted by atomic mass is 9.94. The number of quaternary nitrogens is 2. The maximum atomic E-state index is 14.1. The Kier molecular flexibility index (Phi) is 47.1. The zero-order chi connectivity index (χ0) is 106. The predicted octanol–water partition coefficient (Wildman–Crippen LogP) is 26.9. The number of sulfone groups is 2. The average molecular weight is 2050 g/mol. The summed E-state index contributed by atoms with van der Waals surface area (Å²) in [5.41, 5.74) is 18.6. The number of aromatic hydroxyl groups is 1. The van der Waals surface area contributed by atoms with Crippen molar-refractivity contribution in [3.05, 3.63) is 398 Å². The number of aromatic nitrogens is 1. The van der Waals surface area contributed by atoms with Crippen molar-refractivity contribution in [1.29, 1.82) is 0 Å². The summed E-state index contributed by atoms with van der Waals surface area (Å²) in [5.74, 6) is 0.645. The first-order valence-electron chi connectivity index (χ1n) is 52.4. The number of phenolic OH excluding ortho intramolecular Hbond substituents is 1. The number of benzene rings is 14. The largest absolute Gasteiger partial charge is 0.872 e. The van der Waals surface area contributed by atoms with E-state index in [0.29, 0.717) is 57.2 Å². The van der Waals surface area contributed by atoms with Crippen LogP contribution in [-0.2, 0) is 34.6 Å². The van der Waals surface area contributed by atoms with Crippen molar-refractivity contribution in [1.82, 2.24) is 0 Å². The van der Waals surface area contributed by atoms with Gasteiger partial charge < -0.3 is 29.5 Å². The highest BCUT2D eigenvalue weighted by atomic mass is 32.2. The summed E-state index contributed by atoms with van der Waals surface area (Å²) in [4.78, 5) is 11.2. The molecule has 14 nitrogen and oxygen atoms in total. The molecule has 0 aliphatic carbocycles. The number of nitrogens with zero attached hydrogens (tertiary/aromatic N) is 3. The SMILES string of the molecule is C=c1ccc(=C(c2ccc(O)cc2)c2ccccc2S(=O)(=O)[O-])cc1.CCCCCCCCCCCCCC[N+](C)(C)CC(C)=O.CCCCCCCCCC[N+](C)(C)CCCC.CS(=O)(=O)CCC[P+](c1ccccc1)(c1ccccc1)c1ccccc1.CS(=O)(=O)c1ccc2c(N)cccc2c1.[O-]c1c(-c2ccccc2)cc(-[n+]2c(-c3ccccc3)cc(-c3ccccc3)cc2-c2ccccc2)cc1-c1ccccc1. The van der Waals surface area contributed by atoms with Gasteiger partial charge in [-0.15, -0.1) is 0 Å². The summed E-state index contributed by atoms with van der Waals surface area (Å²) in [5, 5.41) is 30.8. The Bertz CT molecular complexity index is 6780. The van der Waals surface area contributed by atoms with Crippen LogP contribution in [0.3, 0.4) is 0 Å². The second kappa shape index (κ2) is 59.5. The monoisotopic (exact) mass is 2050 g/mol. The number of nitrogens with two attached hydrogens (primary N) is 1. The normalized spacial score (nSPS) is 11.5. The van der Waals surface area contributed by atoms with E-state index < -0.39 is 37.1 Å². The van der Waals surface area contributed by atoms with Crippen molar-refractivity contribution in [3.63, 3.8) is 0 Å². The molecule has 0 fully saturated rings. The molecule has 18 heteroatoms. The molecule has 3 N–H and O–H groups in total. The Morgan fingerprint density at radius 2 is 0.776 bits per heavy atom. The summed E-state index contributed by atoms with van der Waals surface area (Å²) >= 11 is 0. The third-order valence-corrected chi connectivity index (χ3v) is 34.1. The molecule has 0 amide bonds. The number of anilines is 1. The van der Waals surface area contributed by atoms with E-state index in [0.717, 1.165) is 88.9 Å². The molecule has 0 saturated heterocycles. The second-order valence-electron chi connectivity index (χ2n) is 39.8. The highest BCUT2D eigenvalue weighted by Gasteiger charge is 2.45. The molecular weight excluding hydrogens is 1890 g/mol. The summed E-state index contributed by atoms with van der Waals surface area (Å²) in [6.45, 7) is 16.9. The zero-order valence-corrected chi connectivity index (χ0v) is 91.6. The fraction of sp³-hybridized carbons (Fsp3) is 0.302. The van der Waals surface area contributed by atoms with Crippen LogP contribution in [0.4, 0.5) is 5.69 Å². The highest BCUT2D eigenvalue weighted by Crippen LogP contribution is 2.56. The van der Waals surface area contributed by atoms with Gasteiger partial charge in [0.2, 0.25) is 17.1 Å². The first-order chi connectivity index (χ1) is 70.7. The molecule has 0 radical (unpaired) electrons. The first kappa shape index (κ1) is 116. The molecule has 147 heavy (non-hydrogen) atoms. The number of nitrogen functional groups attached to an aromatic ring is 1. The van der Waals surface area contributed by atoms with E-state index in [4.69, 9.17) is 5.73 Å². The molecule has 0 bridgehead atoms. The lowest BCUT2D eigenvalue weighted by Crippen LogP contribution is -2.43. The van der Waals surface area contributed by atoms with Crippen LogP contribution in [0.15, 0.2) is 386 Å². The smallest absolute Gasteiger partial charge is 0.219 e. The molecular formula is C129H155N4O10PS3+2. The molecule has 0 atom stereocenters. The molecule has 15 aromatic rings. The number of phenols is 1. The maximum absolute atomic E-state index is 14.1. The van der Waals surface area contributed by atoms with Gasteiger partial charge in [-0.2, -0.15) is 4.57 Å². The van der Waals surface area contributed by atoms with Gasteiger partial charge in [-0.25, -0.2) is 25.3 Å². The van der Waals surface area contributed by atoms with Gasteiger partial charge in [0.1, 0.15) is 55.4 Å². The number of rotatable bonds is 44. The third-order valence-electron chi connectivity index (χ3n) is 26.6. The number of hydrogen-bond acceptors (Lipinski definition) is 11. The molecule has 0 spiro atoms. The average Bonchev–Trinajstić information content (AvgIpc) is 0.749. The Hall–Kier alpha value is -12.5. The van der Waals surface area contributed by atoms with Crippen LogP contribution >= 0.6 is 7.26 Å². The minimum Gasteiger partial charge on any atom is -0.872 e. The standard InChI is InChI=1S/C41H29NO.C22H24O2PS.C20H16O4S.C19H40NO.C16H36N.C11H11NO2S/c43-41-37(31-18-8-2-9-19-31)28-36(29-38(41)32-20-10-3-11-21-32)42-39(33-22-12-4-13-23-33)26-35(30-16-6-1-7-17-30)27-40(42)34-24-14-5-15-25-34;1-26(23,24)19-11-18-25(20-12-5-2-6-13-20,21-14-7-3-8-15-21)22-16-9-4-10-17-22;1-14-6-8-15(9-7-14)20(16-10-12-17(21)13-11-16)18-4-2-3-5-19(18)25(22,23)24;1-5-6-7-8-9-10-11-12-13-14-15-16-17-20(3,4)18-19(2)21;1-5-7-9-10-11-12-13-14-16-17(3,4)15-8-6-2;1-15(13,14)9-5-6-10-8(7-9)3-2-4-11(10)12/h1-29H;2-10,12-17H,11,18-19H2,1H3;2-13,21H,1H2,(H,22,23,24);5-18H2,1-4H3;5-16H2,1-4H3;2-7H,12H2,1H3/q;+1;;2*+1;/p-1. The van der Waals surface area contributed by atoms with Gasteiger partial charge in [-0.05, 0) is 196 Å². The fourth-order valence-electron chi connectivity index (χ4n) is 18.8. The fourth-order valence-corrected chi connectivity index (χ4v) is 25.4. The number of ketones is 1. The van der Waals surface area contributed by atoms with Crippen molar-refractivity contribution in [2.75, 3.05) is 84.5 Å². The van der Waals surface area contributed by atoms with Crippen LogP contribution in [-0.4, -0.2) is 128 Å². The number of Topliss-reactive ketones (excluding diaryl/α,β-unsaturated/α-hetero) is 1. The number of pyridine rings is 1. The minimum atomic E-state index is -4.64. The summed E-state index contributed by atoms with van der Waals surface area (Å²) in [6.07, 6.45) is 34.9. The molecule has 0 aliphatic rings. The van der Waals surface area contributed by atoms with Crippen LogP contribution in [0.2, 0.25) is 0 Å². The number of fused-ring (bicyclic) bond motifs is 1. The Morgan fingerprint density at radius 1 is 0.395 bits per heavy atom. The van der Waals surface area contributed by atoms with Gasteiger partial charge in [0.25, 0.3) is 0 Å². The van der Waals surface area contributed by atoms with Crippen molar-refractivity contribution >= 4 is 87.4 Å². The lowest BCUT2D eigenvalue weighted by Gasteiger charge is -2.29. The number of hydrogen-bond donors (Lipinski definition) is 2. The van der Waals surface area contributed by atoms with E-state index >= 15 is 0 Å². The van der Waals surface area contributed by atoms with Crippen LogP contribution in [0.5, 0.6) is 11.5 Å². The van der Waals surface area contributed by atoms with Gasteiger partial charge in [0.15, 0.2) is 15.6 Å². The summed E-state index contributed by atoms with van der Waals surface area (Å²) in [7, 11) is -3.57. The molecule has 1 aromatic heterocycles. The van der Waals surface area contributed by atoms with Crippen LogP contribution in [0, 0.1) is 0 Å². The van der Waals surface area contributed by atoms with Crippen LogP contribution < -0.4 is 41.8 Å². The number of unbranched alkanes of at least 4 members (excludes halogenated alkanes) is 19. The minimum absolute atomic E-state index is 0.0187. The van der Waals surface area contributed by atoms with Crippen LogP contribution in [0.25, 0.3) is 84.5 Å². The van der Waals surface area contributed by atoms with Crippen molar-refractivity contribution in [2.45, 2.75) is 185 Å². The highest BCUT2D eigenvalue weighted by molar-refractivity contribution is 7.96. The van der Waals surface area contributed by atoms with E-state index in [1.165, 1.54) is 212 Å². The Labute approximate surface area is 879 Å². The second-order valence-corrected chi connectivity index (χ2v) is 49.0. The number of carbonyl (C=O) groups is 1. The van der Waals surface area contributed by atoms with Gasteiger partial charge in [-0.1, -0.05) is 397 Å². The van der Waals surface area contributed by atoms with Crippen molar-refractivity contribution in [2.24, 2.45) is 0 Å². The van der Waals surface area contributed by atoms with Gasteiger partial charge in [-0.3, -0.25) is 4.79 Å². The summed E-state index contributed by atoms with van der Waals surface area (Å²) < 4.78 is 85.6. The Balaban J connectivity index is 0.000000188. The molecule has 0 saturated carbocycles. The molecule has 0 aliphatic heterocycles. The quantitative estimate of drug-likeness (QED) is 0.00914.